The second-order valence-corrected chi connectivity index (χ2v) is 6.06. The summed E-state index contributed by atoms with van der Waals surface area (Å²) < 4.78 is 4.56. The second kappa shape index (κ2) is 9.56. The number of amides is 2. The lowest BCUT2D eigenvalue weighted by molar-refractivity contribution is -0.141. The van der Waals surface area contributed by atoms with Gasteiger partial charge in [-0.2, -0.15) is 0 Å². The first-order valence-corrected chi connectivity index (χ1v) is 8.59. The van der Waals surface area contributed by atoms with E-state index in [1.165, 1.54) is 7.11 Å². The molecular weight excluding hydrogens is 332 g/mol. The van der Waals surface area contributed by atoms with Crippen LogP contribution in [0.1, 0.15) is 29.6 Å². The number of carbonyl (C=O) groups excluding carboxylic acids is 3. The van der Waals surface area contributed by atoms with Gasteiger partial charge in [0.05, 0.1) is 7.11 Å². The van der Waals surface area contributed by atoms with Crippen LogP contribution in [0.5, 0.6) is 0 Å². The molecule has 2 aromatic rings. The van der Waals surface area contributed by atoms with Crippen molar-refractivity contribution < 1.29 is 19.1 Å². The molecule has 0 fully saturated rings. The van der Waals surface area contributed by atoms with Crippen molar-refractivity contribution >= 4 is 28.6 Å². The summed E-state index contributed by atoms with van der Waals surface area (Å²) in [5.74, 6) is -0.556. The maximum Gasteiger partial charge on any atom is 0.305 e. The van der Waals surface area contributed by atoms with Crippen molar-refractivity contribution in [3.8, 4) is 0 Å². The fourth-order valence-electron chi connectivity index (χ4n) is 2.59. The normalized spacial score (nSPS) is 10.4. The molecule has 6 heteroatoms. The summed E-state index contributed by atoms with van der Waals surface area (Å²) in [5, 5.41) is 4.85. The minimum atomic E-state index is -0.284. The molecule has 0 aliphatic heterocycles. The van der Waals surface area contributed by atoms with E-state index in [1.54, 1.807) is 18.0 Å². The van der Waals surface area contributed by atoms with Crippen molar-refractivity contribution in [2.75, 3.05) is 27.2 Å². The Hall–Kier alpha value is -2.89. The van der Waals surface area contributed by atoms with Crippen LogP contribution in [0.3, 0.4) is 0 Å². The number of hydrogen-bond donors (Lipinski definition) is 1. The van der Waals surface area contributed by atoms with Crippen LogP contribution in [0.2, 0.25) is 0 Å². The van der Waals surface area contributed by atoms with E-state index in [2.05, 4.69) is 10.1 Å². The number of benzene rings is 2. The molecule has 0 aliphatic rings. The molecule has 0 aliphatic carbocycles. The van der Waals surface area contributed by atoms with Crippen molar-refractivity contribution in [3.05, 3.63) is 48.0 Å². The molecule has 138 valence electrons. The summed E-state index contributed by atoms with van der Waals surface area (Å²) in [4.78, 5) is 36.9. The van der Waals surface area contributed by atoms with Gasteiger partial charge in [0.1, 0.15) is 0 Å². The van der Waals surface area contributed by atoms with Gasteiger partial charge in [0.25, 0.3) is 5.91 Å². The number of rotatable bonds is 8. The number of ether oxygens (including phenoxy) is 1. The molecule has 0 heterocycles. The highest BCUT2D eigenvalue weighted by molar-refractivity contribution is 5.98. The number of hydrogen-bond acceptors (Lipinski definition) is 4. The third-order valence-electron chi connectivity index (χ3n) is 4.16. The minimum Gasteiger partial charge on any atom is -0.469 e. The Morgan fingerprint density at radius 1 is 1.04 bits per heavy atom. The van der Waals surface area contributed by atoms with E-state index in [0.717, 1.165) is 10.8 Å². The minimum absolute atomic E-state index is 0.0753. The van der Waals surface area contributed by atoms with Gasteiger partial charge in [0.2, 0.25) is 5.91 Å². The molecule has 26 heavy (non-hydrogen) atoms. The first-order chi connectivity index (χ1) is 12.5. The van der Waals surface area contributed by atoms with Gasteiger partial charge in [-0.05, 0) is 29.3 Å². The zero-order valence-electron chi connectivity index (χ0n) is 15.2. The standard InChI is InChI=1S/C20H24N2O4/c1-22(13-5-8-19(24)26-2)18(23)11-12-21-20(25)17-10-9-15-6-3-4-7-16(15)14-17/h3-4,6-7,9-10,14H,5,8,11-13H2,1-2H3,(H,21,25). The van der Waals surface area contributed by atoms with Crippen LogP contribution in [0.15, 0.2) is 42.5 Å². The molecule has 0 spiro atoms. The van der Waals surface area contributed by atoms with Crippen LogP contribution in [0.25, 0.3) is 10.8 Å². The van der Waals surface area contributed by atoms with E-state index >= 15 is 0 Å². The van der Waals surface area contributed by atoms with Gasteiger partial charge in [0.15, 0.2) is 0 Å². The number of carbonyl (C=O) groups is 3. The summed E-state index contributed by atoms with van der Waals surface area (Å²) in [6.07, 6.45) is 1.05. The molecule has 2 aromatic carbocycles. The Balaban J connectivity index is 1.76. The average molecular weight is 356 g/mol. The van der Waals surface area contributed by atoms with Crippen LogP contribution >= 0.6 is 0 Å². The van der Waals surface area contributed by atoms with Crippen LogP contribution in [-0.2, 0) is 14.3 Å². The van der Waals surface area contributed by atoms with E-state index in [9.17, 15) is 14.4 Å². The number of nitrogens with zero attached hydrogens (tertiary/aromatic N) is 1. The molecule has 0 aromatic heterocycles. The van der Waals surface area contributed by atoms with Gasteiger partial charge in [-0.15, -0.1) is 0 Å². The third kappa shape index (κ3) is 5.58. The molecule has 0 atom stereocenters. The molecule has 0 saturated carbocycles. The fraction of sp³-hybridized carbons (Fsp3) is 0.350. The third-order valence-corrected chi connectivity index (χ3v) is 4.16. The van der Waals surface area contributed by atoms with E-state index in [0.29, 0.717) is 18.5 Å². The monoisotopic (exact) mass is 356 g/mol. The smallest absolute Gasteiger partial charge is 0.305 e. The van der Waals surface area contributed by atoms with Gasteiger partial charge in [-0.3, -0.25) is 14.4 Å². The Morgan fingerprint density at radius 3 is 2.50 bits per heavy atom. The number of nitrogens with one attached hydrogen (secondary N) is 1. The molecule has 6 nitrogen and oxygen atoms in total. The lowest BCUT2D eigenvalue weighted by atomic mass is 10.1. The van der Waals surface area contributed by atoms with Crippen molar-refractivity contribution in [1.29, 1.82) is 0 Å². The predicted molar refractivity (Wildman–Crippen MR) is 99.8 cm³/mol. The fourth-order valence-corrected chi connectivity index (χ4v) is 2.59. The topological polar surface area (TPSA) is 75.7 Å². The maximum absolute atomic E-state index is 12.2. The molecule has 2 rings (SSSR count). The average Bonchev–Trinajstić information content (AvgIpc) is 2.66. The Morgan fingerprint density at radius 2 is 1.77 bits per heavy atom. The summed E-state index contributed by atoms with van der Waals surface area (Å²) >= 11 is 0. The van der Waals surface area contributed by atoms with E-state index < -0.39 is 0 Å². The first kappa shape index (κ1) is 19.4. The zero-order valence-corrected chi connectivity index (χ0v) is 15.2. The number of methoxy groups -OCH3 is 1. The molecule has 0 radical (unpaired) electrons. The van der Waals surface area contributed by atoms with Gasteiger partial charge in [-0.25, -0.2) is 0 Å². The van der Waals surface area contributed by atoms with E-state index in [4.69, 9.17) is 0 Å². The molecular formula is C20H24N2O4. The predicted octanol–water partition coefficient (Wildman–Crippen LogP) is 2.37. The molecule has 2 amide bonds. The lowest BCUT2D eigenvalue weighted by Gasteiger charge is -2.17. The van der Waals surface area contributed by atoms with E-state index in [-0.39, 0.29) is 37.2 Å². The van der Waals surface area contributed by atoms with Crippen molar-refractivity contribution in [3.63, 3.8) is 0 Å². The summed E-state index contributed by atoms with van der Waals surface area (Å²) in [5.41, 5.74) is 0.572. The first-order valence-electron chi connectivity index (χ1n) is 8.59. The Bertz CT molecular complexity index is 788. The van der Waals surface area contributed by atoms with Gasteiger partial charge < -0.3 is 15.0 Å². The quantitative estimate of drug-likeness (QED) is 0.737. The van der Waals surface area contributed by atoms with Crippen LogP contribution in [0, 0.1) is 0 Å². The van der Waals surface area contributed by atoms with Crippen LogP contribution in [-0.4, -0.2) is 49.9 Å². The van der Waals surface area contributed by atoms with Gasteiger partial charge >= 0.3 is 5.97 Å². The van der Waals surface area contributed by atoms with Crippen LogP contribution in [0.4, 0.5) is 0 Å². The molecule has 0 bridgehead atoms. The van der Waals surface area contributed by atoms with Gasteiger partial charge in [-0.1, -0.05) is 30.3 Å². The molecule has 0 saturated heterocycles. The molecule has 0 unspecified atom stereocenters. The summed E-state index contributed by atoms with van der Waals surface area (Å²) in [6.45, 7) is 0.748. The SMILES string of the molecule is COC(=O)CCCN(C)C(=O)CCNC(=O)c1ccc2ccccc2c1. The van der Waals surface area contributed by atoms with Crippen molar-refractivity contribution in [2.24, 2.45) is 0 Å². The van der Waals surface area contributed by atoms with Crippen molar-refractivity contribution in [2.45, 2.75) is 19.3 Å². The number of fused-ring (bicyclic) bond motifs is 1. The maximum atomic E-state index is 12.2. The highest BCUT2D eigenvalue weighted by Crippen LogP contribution is 2.15. The van der Waals surface area contributed by atoms with Crippen LogP contribution < -0.4 is 5.32 Å². The van der Waals surface area contributed by atoms with E-state index in [1.807, 2.05) is 36.4 Å². The summed E-state index contributed by atoms with van der Waals surface area (Å²) in [7, 11) is 3.03. The Labute approximate surface area is 153 Å². The zero-order chi connectivity index (χ0) is 18.9. The van der Waals surface area contributed by atoms with Crippen molar-refractivity contribution in [1.82, 2.24) is 10.2 Å². The largest absolute Gasteiger partial charge is 0.469 e. The highest BCUT2D eigenvalue weighted by atomic mass is 16.5. The molecule has 1 N–H and O–H groups in total. The lowest BCUT2D eigenvalue weighted by Crippen LogP contribution is -2.32. The second-order valence-electron chi connectivity index (χ2n) is 6.06. The highest BCUT2D eigenvalue weighted by Gasteiger charge is 2.11. The summed E-state index contributed by atoms with van der Waals surface area (Å²) in [6, 6.07) is 13.4. The van der Waals surface area contributed by atoms with Gasteiger partial charge in [0, 0.05) is 38.5 Å². The number of esters is 1. The Kier molecular flexibility index (Phi) is 7.14.